The molecule has 98 valence electrons. The van der Waals surface area contributed by atoms with Crippen molar-refractivity contribution < 1.29 is 14.6 Å². The van der Waals surface area contributed by atoms with Crippen LogP contribution in [-0.2, 0) is 11.4 Å². The number of ether oxygens (including phenoxy) is 1. The van der Waals surface area contributed by atoms with Crippen LogP contribution in [0.2, 0.25) is 0 Å². The number of aliphatic hydroxyl groups excluding tert-OH is 1. The molecule has 0 atom stereocenters. The second-order valence-corrected chi connectivity index (χ2v) is 4.69. The molecule has 1 aromatic carbocycles. The third kappa shape index (κ3) is 3.74. The van der Waals surface area contributed by atoms with Crippen LogP contribution in [0.25, 0.3) is 0 Å². The van der Waals surface area contributed by atoms with Crippen molar-refractivity contribution in [2.45, 2.75) is 25.9 Å². The second-order valence-electron chi connectivity index (χ2n) is 4.69. The van der Waals surface area contributed by atoms with E-state index in [1.807, 2.05) is 0 Å². The third-order valence-electron chi connectivity index (χ3n) is 3.29. The summed E-state index contributed by atoms with van der Waals surface area (Å²) in [5.41, 5.74) is 0.830. The van der Waals surface area contributed by atoms with Gasteiger partial charge in [-0.25, -0.2) is 0 Å². The minimum absolute atomic E-state index is 0.0160. The van der Waals surface area contributed by atoms with Gasteiger partial charge in [-0.3, -0.25) is 4.79 Å². The van der Waals surface area contributed by atoms with Gasteiger partial charge in [0.05, 0.1) is 6.61 Å². The summed E-state index contributed by atoms with van der Waals surface area (Å²) >= 11 is 0. The fraction of sp³-hybridized carbons (Fsp3) is 0.500. The van der Waals surface area contributed by atoms with Crippen LogP contribution in [0.5, 0.6) is 5.75 Å². The van der Waals surface area contributed by atoms with Gasteiger partial charge in [-0.05, 0) is 36.5 Å². The maximum absolute atomic E-state index is 11.5. The first-order chi connectivity index (χ1) is 8.78. The van der Waals surface area contributed by atoms with Crippen molar-refractivity contribution in [2.75, 3.05) is 13.2 Å². The first-order valence-electron chi connectivity index (χ1n) is 6.37. The van der Waals surface area contributed by atoms with Crippen molar-refractivity contribution in [3.05, 3.63) is 29.8 Å². The molecule has 4 heteroatoms. The largest absolute Gasteiger partial charge is 0.484 e. The molecule has 18 heavy (non-hydrogen) atoms. The molecule has 2 rings (SSSR count). The predicted molar refractivity (Wildman–Crippen MR) is 68.2 cm³/mol. The number of rotatable bonds is 6. The Kier molecular flexibility index (Phi) is 4.59. The van der Waals surface area contributed by atoms with E-state index in [9.17, 15) is 4.79 Å². The van der Waals surface area contributed by atoms with E-state index in [4.69, 9.17) is 9.84 Å². The lowest BCUT2D eigenvalue weighted by Crippen LogP contribution is -2.35. The molecule has 1 aliphatic rings. The maximum atomic E-state index is 11.5. The van der Waals surface area contributed by atoms with E-state index in [1.54, 1.807) is 24.3 Å². The number of carbonyl (C=O) groups excluding carboxylic acids is 1. The third-order valence-corrected chi connectivity index (χ3v) is 3.29. The van der Waals surface area contributed by atoms with Crippen LogP contribution in [0.3, 0.4) is 0 Å². The van der Waals surface area contributed by atoms with Crippen LogP contribution < -0.4 is 10.1 Å². The van der Waals surface area contributed by atoms with Gasteiger partial charge >= 0.3 is 0 Å². The van der Waals surface area contributed by atoms with E-state index in [0.717, 1.165) is 12.1 Å². The molecule has 0 aromatic heterocycles. The molecule has 0 heterocycles. The van der Waals surface area contributed by atoms with Crippen molar-refractivity contribution in [3.8, 4) is 5.75 Å². The molecule has 1 fully saturated rings. The highest BCUT2D eigenvalue weighted by Crippen LogP contribution is 2.25. The van der Waals surface area contributed by atoms with Crippen molar-refractivity contribution in [1.82, 2.24) is 5.32 Å². The summed E-state index contributed by atoms with van der Waals surface area (Å²) in [5.74, 6) is 1.23. The monoisotopic (exact) mass is 249 g/mol. The molecule has 0 saturated heterocycles. The van der Waals surface area contributed by atoms with E-state index in [-0.39, 0.29) is 19.1 Å². The Morgan fingerprint density at radius 3 is 2.61 bits per heavy atom. The van der Waals surface area contributed by atoms with Crippen molar-refractivity contribution in [3.63, 3.8) is 0 Å². The first-order valence-corrected chi connectivity index (χ1v) is 6.37. The Morgan fingerprint density at radius 1 is 1.33 bits per heavy atom. The predicted octanol–water partition coefficient (Wildman–Crippen LogP) is 1.47. The molecule has 0 unspecified atom stereocenters. The Labute approximate surface area is 107 Å². The second kappa shape index (κ2) is 6.40. The Balaban J connectivity index is 1.67. The molecule has 0 bridgehead atoms. The number of nitrogens with one attached hydrogen (secondary N) is 1. The molecule has 1 aliphatic carbocycles. The quantitative estimate of drug-likeness (QED) is 0.802. The minimum Gasteiger partial charge on any atom is -0.484 e. The van der Waals surface area contributed by atoms with Gasteiger partial charge in [0.1, 0.15) is 5.75 Å². The SMILES string of the molecule is O=C(COc1ccc(CO)cc1)NCC1CCC1. The molecular weight excluding hydrogens is 230 g/mol. The lowest BCUT2D eigenvalue weighted by molar-refractivity contribution is -0.123. The van der Waals surface area contributed by atoms with Gasteiger partial charge in [0.2, 0.25) is 0 Å². The Morgan fingerprint density at radius 2 is 2.06 bits per heavy atom. The molecule has 1 aromatic rings. The van der Waals surface area contributed by atoms with Gasteiger partial charge < -0.3 is 15.2 Å². The molecule has 2 N–H and O–H groups in total. The van der Waals surface area contributed by atoms with E-state index in [2.05, 4.69) is 5.32 Å². The standard InChI is InChI=1S/C14H19NO3/c16-9-12-4-6-13(7-5-12)18-10-14(17)15-8-11-2-1-3-11/h4-7,11,16H,1-3,8-10H2,(H,15,17). The molecule has 0 aliphatic heterocycles. The van der Waals surface area contributed by atoms with Gasteiger partial charge in [0.15, 0.2) is 6.61 Å². The zero-order valence-corrected chi connectivity index (χ0v) is 10.4. The molecule has 0 spiro atoms. The lowest BCUT2D eigenvalue weighted by atomic mass is 9.85. The summed E-state index contributed by atoms with van der Waals surface area (Å²) in [7, 11) is 0. The summed E-state index contributed by atoms with van der Waals surface area (Å²) in [5, 5.41) is 11.8. The number of amides is 1. The molecular formula is C14H19NO3. The van der Waals surface area contributed by atoms with E-state index in [0.29, 0.717) is 11.7 Å². The number of hydrogen-bond donors (Lipinski definition) is 2. The fourth-order valence-corrected chi connectivity index (χ4v) is 1.85. The first kappa shape index (κ1) is 12.9. The normalized spacial score (nSPS) is 14.9. The summed E-state index contributed by atoms with van der Waals surface area (Å²) in [4.78, 5) is 11.5. The molecule has 1 saturated carbocycles. The van der Waals surface area contributed by atoms with Crippen LogP contribution >= 0.6 is 0 Å². The summed E-state index contributed by atoms with van der Waals surface area (Å²) in [6.45, 7) is 0.832. The highest BCUT2D eigenvalue weighted by atomic mass is 16.5. The summed E-state index contributed by atoms with van der Waals surface area (Å²) < 4.78 is 5.36. The highest BCUT2D eigenvalue weighted by Gasteiger charge is 2.17. The van der Waals surface area contributed by atoms with Gasteiger partial charge in [-0.2, -0.15) is 0 Å². The van der Waals surface area contributed by atoms with E-state index in [1.165, 1.54) is 19.3 Å². The van der Waals surface area contributed by atoms with E-state index < -0.39 is 0 Å². The zero-order valence-electron chi connectivity index (χ0n) is 10.4. The molecule has 0 radical (unpaired) electrons. The summed E-state index contributed by atoms with van der Waals surface area (Å²) in [6, 6.07) is 7.07. The van der Waals surface area contributed by atoms with Crippen LogP contribution in [0, 0.1) is 5.92 Å². The van der Waals surface area contributed by atoms with Crippen LogP contribution in [0.1, 0.15) is 24.8 Å². The van der Waals surface area contributed by atoms with Gasteiger partial charge in [0, 0.05) is 6.54 Å². The topological polar surface area (TPSA) is 58.6 Å². The van der Waals surface area contributed by atoms with Crippen molar-refractivity contribution in [2.24, 2.45) is 5.92 Å². The Bertz CT molecular complexity index is 385. The van der Waals surface area contributed by atoms with Crippen molar-refractivity contribution in [1.29, 1.82) is 0 Å². The van der Waals surface area contributed by atoms with E-state index >= 15 is 0 Å². The number of aliphatic hydroxyl groups is 1. The van der Waals surface area contributed by atoms with Crippen molar-refractivity contribution >= 4 is 5.91 Å². The molecule has 4 nitrogen and oxygen atoms in total. The van der Waals surface area contributed by atoms with Crippen LogP contribution in [0.15, 0.2) is 24.3 Å². The fourth-order valence-electron chi connectivity index (χ4n) is 1.85. The number of hydrogen-bond acceptors (Lipinski definition) is 3. The van der Waals surface area contributed by atoms with Gasteiger partial charge in [0.25, 0.3) is 5.91 Å². The van der Waals surface area contributed by atoms with Crippen LogP contribution in [-0.4, -0.2) is 24.2 Å². The number of carbonyl (C=O) groups is 1. The lowest BCUT2D eigenvalue weighted by Gasteiger charge is -2.25. The van der Waals surface area contributed by atoms with Gasteiger partial charge in [-0.15, -0.1) is 0 Å². The smallest absolute Gasteiger partial charge is 0.257 e. The Hall–Kier alpha value is -1.55. The molecule has 1 amide bonds. The maximum Gasteiger partial charge on any atom is 0.257 e. The average molecular weight is 249 g/mol. The van der Waals surface area contributed by atoms with Gasteiger partial charge in [-0.1, -0.05) is 18.6 Å². The zero-order chi connectivity index (χ0) is 12.8. The highest BCUT2D eigenvalue weighted by molar-refractivity contribution is 5.77. The minimum atomic E-state index is -0.0758. The number of benzene rings is 1. The van der Waals surface area contributed by atoms with Crippen LogP contribution in [0.4, 0.5) is 0 Å². The summed E-state index contributed by atoms with van der Waals surface area (Å²) in [6.07, 6.45) is 3.74. The average Bonchev–Trinajstić information content (AvgIpc) is 2.35.